The van der Waals surface area contributed by atoms with Crippen LogP contribution in [-0.2, 0) is 0 Å². The number of nitrogens with zero attached hydrogens (tertiary/aromatic N) is 3. The van der Waals surface area contributed by atoms with Gasteiger partial charge in [0.05, 0.1) is 0 Å². The summed E-state index contributed by atoms with van der Waals surface area (Å²) in [5, 5.41) is 6.45. The average Bonchev–Trinajstić information content (AvgIpc) is 3.61. The van der Waals surface area contributed by atoms with Crippen LogP contribution in [0.4, 0.5) is 0 Å². The van der Waals surface area contributed by atoms with Gasteiger partial charge in [-0.3, -0.25) is 0 Å². The molecule has 0 spiro atoms. The molecule has 0 radical (unpaired) electrons. The SMILES string of the molecule is c1ccc(-c2nc(-c3ccc4oc5cc6ccccc6cc5c4c3)nc(-c3cccc4oc5ccccc5c34)n2)cc1. The molecule has 0 saturated heterocycles. The monoisotopic (exact) mass is 539 g/mol. The lowest BCUT2D eigenvalue weighted by molar-refractivity contribution is 0.668. The fourth-order valence-electron chi connectivity index (χ4n) is 5.90. The van der Waals surface area contributed by atoms with Crippen LogP contribution in [-0.4, -0.2) is 15.0 Å². The zero-order valence-corrected chi connectivity index (χ0v) is 22.3. The molecule has 0 aliphatic heterocycles. The van der Waals surface area contributed by atoms with Crippen molar-refractivity contribution in [2.24, 2.45) is 0 Å². The lowest BCUT2D eigenvalue weighted by Gasteiger charge is -2.09. The molecule has 3 aromatic heterocycles. The molecule has 0 N–H and O–H groups in total. The lowest BCUT2D eigenvalue weighted by Crippen LogP contribution is -2.00. The van der Waals surface area contributed by atoms with E-state index >= 15 is 0 Å². The van der Waals surface area contributed by atoms with Gasteiger partial charge in [0.25, 0.3) is 0 Å². The molecule has 3 heterocycles. The molecule has 0 saturated carbocycles. The number of rotatable bonds is 3. The van der Waals surface area contributed by atoms with Gasteiger partial charge in [-0.2, -0.15) is 0 Å². The van der Waals surface area contributed by atoms with Gasteiger partial charge in [-0.25, -0.2) is 15.0 Å². The van der Waals surface area contributed by atoms with Gasteiger partial charge in [-0.15, -0.1) is 0 Å². The molecule has 0 amide bonds. The zero-order valence-electron chi connectivity index (χ0n) is 22.3. The number of hydrogen-bond donors (Lipinski definition) is 0. The summed E-state index contributed by atoms with van der Waals surface area (Å²) in [6, 6.07) is 42.9. The van der Waals surface area contributed by atoms with Crippen LogP contribution >= 0.6 is 0 Å². The third-order valence-corrected chi connectivity index (χ3v) is 7.91. The number of fused-ring (bicyclic) bond motifs is 7. The topological polar surface area (TPSA) is 65.0 Å². The van der Waals surface area contributed by atoms with Crippen molar-refractivity contribution in [1.29, 1.82) is 0 Å². The first-order valence-electron chi connectivity index (χ1n) is 13.9. The maximum Gasteiger partial charge on any atom is 0.164 e. The van der Waals surface area contributed by atoms with Crippen molar-refractivity contribution >= 4 is 54.6 Å². The number of furan rings is 2. The molecule has 0 bridgehead atoms. The number of benzene rings is 6. The quantitative estimate of drug-likeness (QED) is 0.224. The Hall–Kier alpha value is -5.81. The first-order chi connectivity index (χ1) is 20.8. The highest BCUT2D eigenvalue weighted by Gasteiger charge is 2.18. The molecule has 0 aliphatic carbocycles. The summed E-state index contributed by atoms with van der Waals surface area (Å²) in [4.78, 5) is 15.0. The van der Waals surface area contributed by atoms with E-state index in [9.17, 15) is 0 Å². The highest BCUT2D eigenvalue weighted by molar-refractivity contribution is 6.12. The molecule has 5 nitrogen and oxygen atoms in total. The van der Waals surface area contributed by atoms with Crippen molar-refractivity contribution in [3.63, 3.8) is 0 Å². The van der Waals surface area contributed by atoms with Crippen molar-refractivity contribution < 1.29 is 8.83 Å². The Morgan fingerprint density at radius 3 is 1.90 bits per heavy atom. The van der Waals surface area contributed by atoms with Gasteiger partial charge >= 0.3 is 0 Å². The minimum Gasteiger partial charge on any atom is -0.456 e. The van der Waals surface area contributed by atoms with Gasteiger partial charge in [0, 0.05) is 38.2 Å². The van der Waals surface area contributed by atoms with E-state index in [2.05, 4.69) is 48.5 Å². The molecular formula is C37H21N3O2. The van der Waals surface area contributed by atoms with Gasteiger partial charge in [-0.1, -0.05) is 84.9 Å². The van der Waals surface area contributed by atoms with Gasteiger partial charge in [0.1, 0.15) is 22.3 Å². The summed E-state index contributed by atoms with van der Waals surface area (Å²) in [6.45, 7) is 0. The Morgan fingerprint density at radius 2 is 1.02 bits per heavy atom. The summed E-state index contributed by atoms with van der Waals surface area (Å²) < 4.78 is 12.4. The van der Waals surface area contributed by atoms with Crippen molar-refractivity contribution in [1.82, 2.24) is 15.0 Å². The smallest absolute Gasteiger partial charge is 0.164 e. The lowest BCUT2D eigenvalue weighted by atomic mass is 10.0. The molecule has 9 aromatic rings. The predicted octanol–water partition coefficient (Wildman–Crippen LogP) is 9.82. The maximum absolute atomic E-state index is 6.25. The summed E-state index contributed by atoms with van der Waals surface area (Å²) in [5.74, 6) is 1.81. The van der Waals surface area contributed by atoms with Gasteiger partial charge in [0.2, 0.25) is 0 Å². The predicted molar refractivity (Wildman–Crippen MR) is 168 cm³/mol. The van der Waals surface area contributed by atoms with Gasteiger partial charge in [-0.05, 0) is 53.2 Å². The number of aromatic nitrogens is 3. The maximum atomic E-state index is 6.25. The van der Waals surface area contributed by atoms with Crippen LogP contribution < -0.4 is 0 Å². The van der Waals surface area contributed by atoms with E-state index in [1.807, 2.05) is 78.9 Å². The van der Waals surface area contributed by atoms with Crippen LogP contribution in [0.2, 0.25) is 0 Å². The molecule has 0 unspecified atom stereocenters. The fourth-order valence-corrected chi connectivity index (χ4v) is 5.90. The van der Waals surface area contributed by atoms with Crippen molar-refractivity contribution in [2.45, 2.75) is 0 Å². The minimum absolute atomic E-state index is 0.596. The van der Waals surface area contributed by atoms with Crippen LogP contribution in [0.25, 0.3) is 88.8 Å². The Bertz CT molecular complexity index is 2470. The van der Waals surface area contributed by atoms with Crippen molar-refractivity contribution in [2.75, 3.05) is 0 Å². The standard InChI is InChI=1S/C37H21N3O2/c1-2-9-22(10-3-1)35-38-36(40-37(39-35)27-14-8-16-32-34(27)26-13-6-7-15-30(26)41-32)25-17-18-31-28(20-25)29-19-23-11-4-5-12-24(23)21-33(29)42-31/h1-21H. The van der Waals surface area contributed by atoms with Crippen LogP contribution in [0.5, 0.6) is 0 Å². The fraction of sp³-hybridized carbons (Fsp3) is 0. The first kappa shape index (κ1) is 22.9. The van der Waals surface area contributed by atoms with E-state index in [-0.39, 0.29) is 0 Å². The second-order valence-electron chi connectivity index (χ2n) is 10.5. The van der Waals surface area contributed by atoms with Crippen molar-refractivity contribution in [3.8, 4) is 34.2 Å². The summed E-state index contributed by atoms with van der Waals surface area (Å²) in [7, 11) is 0. The molecule has 0 atom stereocenters. The van der Waals surface area contributed by atoms with Gasteiger partial charge < -0.3 is 8.83 Å². The average molecular weight is 540 g/mol. The normalized spacial score (nSPS) is 11.8. The Balaban J connectivity index is 1.30. The van der Waals surface area contributed by atoms with Gasteiger partial charge in [0.15, 0.2) is 17.5 Å². The third kappa shape index (κ3) is 3.54. The van der Waals surface area contributed by atoms with E-state index < -0.39 is 0 Å². The third-order valence-electron chi connectivity index (χ3n) is 7.91. The second kappa shape index (κ2) is 8.85. The molecule has 42 heavy (non-hydrogen) atoms. The molecular weight excluding hydrogens is 518 g/mol. The summed E-state index contributed by atoms with van der Waals surface area (Å²) in [5.41, 5.74) is 6.05. The molecule has 0 aliphatic rings. The zero-order chi connectivity index (χ0) is 27.6. The van der Waals surface area contributed by atoms with Crippen LogP contribution in [0.1, 0.15) is 0 Å². The second-order valence-corrected chi connectivity index (χ2v) is 10.5. The Morgan fingerprint density at radius 1 is 0.381 bits per heavy atom. The van der Waals surface area contributed by atoms with Crippen LogP contribution in [0.15, 0.2) is 136 Å². The number of para-hydroxylation sites is 1. The largest absolute Gasteiger partial charge is 0.456 e. The van der Waals surface area contributed by atoms with E-state index in [1.165, 1.54) is 5.39 Å². The molecule has 196 valence electrons. The Kier molecular flexibility index (Phi) is 4.83. The molecule has 6 aromatic carbocycles. The Labute approximate surface area is 239 Å². The molecule has 9 rings (SSSR count). The first-order valence-corrected chi connectivity index (χ1v) is 13.9. The van der Waals surface area contributed by atoms with E-state index in [1.54, 1.807) is 0 Å². The minimum atomic E-state index is 0.596. The highest BCUT2D eigenvalue weighted by Crippen LogP contribution is 2.38. The van der Waals surface area contributed by atoms with Crippen LogP contribution in [0, 0.1) is 0 Å². The highest BCUT2D eigenvalue weighted by atomic mass is 16.3. The van der Waals surface area contributed by atoms with Crippen LogP contribution in [0.3, 0.4) is 0 Å². The number of hydrogen-bond acceptors (Lipinski definition) is 5. The molecule has 0 fully saturated rings. The van der Waals surface area contributed by atoms with E-state index in [4.69, 9.17) is 23.8 Å². The van der Waals surface area contributed by atoms with E-state index in [0.717, 1.165) is 66.0 Å². The summed E-state index contributed by atoms with van der Waals surface area (Å²) >= 11 is 0. The van der Waals surface area contributed by atoms with Crippen molar-refractivity contribution in [3.05, 3.63) is 127 Å². The molecule has 5 heteroatoms. The summed E-state index contributed by atoms with van der Waals surface area (Å²) in [6.07, 6.45) is 0. The van der Waals surface area contributed by atoms with E-state index in [0.29, 0.717) is 17.5 Å².